The van der Waals surface area contributed by atoms with Gasteiger partial charge in [0, 0.05) is 0 Å². The third-order valence-corrected chi connectivity index (χ3v) is 6.72. The van der Waals surface area contributed by atoms with E-state index in [1.54, 1.807) is 60.7 Å². The van der Waals surface area contributed by atoms with Crippen LogP contribution in [-0.4, -0.2) is 28.5 Å². The van der Waals surface area contributed by atoms with Crippen LogP contribution in [0.2, 0.25) is 5.02 Å². The molecule has 1 fully saturated rings. The molecule has 6 nitrogen and oxygen atoms in total. The summed E-state index contributed by atoms with van der Waals surface area (Å²) in [5, 5.41) is 2.41. The third-order valence-electron chi connectivity index (χ3n) is 4.86. The number of amides is 3. The second kappa shape index (κ2) is 11.1. The number of halogens is 3. The largest absolute Gasteiger partial charge is 0.488 e. The zero-order valence-electron chi connectivity index (χ0n) is 18.0. The monoisotopic (exact) mass is 574 g/mol. The van der Waals surface area contributed by atoms with Crippen molar-refractivity contribution < 1.29 is 23.5 Å². The molecule has 1 saturated heterocycles. The molecule has 0 radical (unpaired) electrons. The molecule has 0 atom stereocenters. The van der Waals surface area contributed by atoms with Gasteiger partial charge in [0.25, 0.3) is 11.1 Å². The summed E-state index contributed by atoms with van der Waals surface area (Å²) in [6.45, 7) is -0.241. The van der Waals surface area contributed by atoms with Crippen LogP contribution >= 0.6 is 39.3 Å². The lowest BCUT2D eigenvalue weighted by Gasteiger charge is -2.13. The second-order valence-electron chi connectivity index (χ2n) is 7.40. The van der Waals surface area contributed by atoms with Crippen LogP contribution < -0.4 is 10.1 Å². The number of rotatable bonds is 7. The molecular weight excluding hydrogens is 559 g/mol. The topological polar surface area (TPSA) is 75.7 Å². The molecule has 3 amide bonds. The highest BCUT2D eigenvalue weighted by Gasteiger charge is 2.36. The number of carbonyl (C=O) groups excluding carboxylic acids is 3. The maximum Gasteiger partial charge on any atom is 0.294 e. The van der Waals surface area contributed by atoms with E-state index < -0.39 is 23.6 Å². The van der Waals surface area contributed by atoms with Crippen molar-refractivity contribution in [1.82, 2.24) is 4.90 Å². The summed E-state index contributed by atoms with van der Waals surface area (Å²) in [6.07, 6.45) is 1.57. The highest BCUT2D eigenvalue weighted by atomic mass is 79.9. The van der Waals surface area contributed by atoms with Crippen molar-refractivity contribution in [2.75, 3.05) is 11.9 Å². The maximum absolute atomic E-state index is 13.3. The number of hydrogen-bond donors (Lipinski definition) is 1. The molecule has 0 aromatic heterocycles. The fourth-order valence-corrected chi connectivity index (χ4v) is 4.73. The van der Waals surface area contributed by atoms with E-state index in [0.717, 1.165) is 16.7 Å². The lowest BCUT2D eigenvalue weighted by Crippen LogP contribution is -2.36. The Labute approximate surface area is 218 Å². The summed E-state index contributed by atoms with van der Waals surface area (Å²) in [5.41, 5.74) is 1.74. The molecule has 1 aliphatic heterocycles. The molecule has 0 bridgehead atoms. The van der Waals surface area contributed by atoms with Gasteiger partial charge < -0.3 is 10.1 Å². The summed E-state index contributed by atoms with van der Waals surface area (Å²) in [7, 11) is 0. The average molecular weight is 576 g/mol. The first kappa shape index (κ1) is 25.0. The fraction of sp³-hybridized carbons (Fsp3) is 0.0800. The number of nitrogens with zero attached hydrogens (tertiary/aromatic N) is 1. The summed E-state index contributed by atoms with van der Waals surface area (Å²) in [6, 6.07) is 18.0. The first-order chi connectivity index (χ1) is 16.8. The van der Waals surface area contributed by atoms with Crippen LogP contribution in [0.5, 0.6) is 5.75 Å². The molecule has 0 saturated carbocycles. The van der Waals surface area contributed by atoms with Gasteiger partial charge in [-0.3, -0.25) is 19.3 Å². The molecule has 1 heterocycles. The van der Waals surface area contributed by atoms with Crippen LogP contribution in [0.15, 0.2) is 76.1 Å². The molecule has 4 rings (SSSR count). The number of thioether (sulfide) groups is 1. The Bertz CT molecular complexity index is 1350. The van der Waals surface area contributed by atoms with Gasteiger partial charge in [-0.15, -0.1) is 0 Å². The Morgan fingerprint density at radius 3 is 2.66 bits per heavy atom. The zero-order valence-corrected chi connectivity index (χ0v) is 21.1. The molecule has 3 aromatic rings. The number of benzene rings is 3. The van der Waals surface area contributed by atoms with E-state index in [2.05, 4.69) is 21.2 Å². The number of anilines is 1. The van der Waals surface area contributed by atoms with Crippen molar-refractivity contribution in [2.45, 2.75) is 6.61 Å². The molecule has 178 valence electrons. The Balaban J connectivity index is 1.40. The van der Waals surface area contributed by atoms with Crippen LogP contribution in [0.3, 0.4) is 0 Å². The second-order valence-corrected chi connectivity index (χ2v) is 9.66. The predicted octanol–water partition coefficient (Wildman–Crippen LogP) is 6.50. The maximum atomic E-state index is 13.3. The Kier molecular flexibility index (Phi) is 7.90. The number of ether oxygens (including phenoxy) is 1. The van der Waals surface area contributed by atoms with Crippen molar-refractivity contribution in [1.29, 1.82) is 0 Å². The van der Waals surface area contributed by atoms with Gasteiger partial charge in [-0.1, -0.05) is 41.9 Å². The number of carbonyl (C=O) groups is 3. The first-order valence-electron chi connectivity index (χ1n) is 10.3. The number of para-hydroxylation sites is 1. The Morgan fingerprint density at radius 1 is 1.11 bits per heavy atom. The van der Waals surface area contributed by atoms with Gasteiger partial charge in [-0.25, -0.2) is 4.39 Å². The van der Waals surface area contributed by atoms with Gasteiger partial charge >= 0.3 is 0 Å². The van der Waals surface area contributed by atoms with Gasteiger partial charge in [0.15, 0.2) is 0 Å². The van der Waals surface area contributed by atoms with Gasteiger partial charge in [-0.05, 0) is 81.3 Å². The van der Waals surface area contributed by atoms with E-state index in [4.69, 9.17) is 16.3 Å². The van der Waals surface area contributed by atoms with Crippen molar-refractivity contribution in [3.8, 4) is 5.75 Å². The molecule has 35 heavy (non-hydrogen) atoms. The lowest BCUT2D eigenvalue weighted by atomic mass is 10.2. The smallest absolute Gasteiger partial charge is 0.294 e. The molecule has 0 spiro atoms. The molecule has 0 aliphatic carbocycles. The van der Waals surface area contributed by atoms with Crippen LogP contribution in [-0.2, 0) is 16.2 Å². The van der Waals surface area contributed by atoms with E-state index in [0.29, 0.717) is 32.1 Å². The van der Waals surface area contributed by atoms with E-state index in [9.17, 15) is 18.8 Å². The minimum atomic E-state index is -0.558. The number of imide groups is 1. The zero-order chi connectivity index (χ0) is 24.9. The van der Waals surface area contributed by atoms with Crippen LogP contribution in [0, 0.1) is 5.82 Å². The Hall–Kier alpha value is -3.14. The fourth-order valence-electron chi connectivity index (χ4n) is 3.20. The highest BCUT2D eigenvalue weighted by molar-refractivity contribution is 9.10. The molecule has 1 N–H and O–H groups in total. The third kappa shape index (κ3) is 6.30. The first-order valence-corrected chi connectivity index (χ1v) is 12.3. The van der Waals surface area contributed by atoms with Gasteiger partial charge in [0.1, 0.15) is 24.7 Å². The molecule has 0 unspecified atom stereocenters. The molecule has 3 aromatic carbocycles. The van der Waals surface area contributed by atoms with Gasteiger partial charge in [0.2, 0.25) is 5.91 Å². The van der Waals surface area contributed by atoms with Crippen LogP contribution in [0.4, 0.5) is 14.9 Å². The minimum absolute atomic E-state index is 0.185. The highest BCUT2D eigenvalue weighted by Crippen LogP contribution is 2.34. The minimum Gasteiger partial charge on any atom is -0.488 e. The molecule has 1 aliphatic rings. The van der Waals surface area contributed by atoms with Crippen molar-refractivity contribution in [3.05, 3.63) is 98.1 Å². The lowest BCUT2D eigenvalue weighted by molar-refractivity contribution is -0.127. The van der Waals surface area contributed by atoms with Crippen molar-refractivity contribution in [2.24, 2.45) is 0 Å². The summed E-state index contributed by atoms with van der Waals surface area (Å²) in [5.74, 6) is -0.896. The van der Waals surface area contributed by atoms with Crippen LogP contribution in [0.1, 0.15) is 11.1 Å². The van der Waals surface area contributed by atoms with Gasteiger partial charge in [0.05, 0.1) is 20.1 Å². The predicted molar refractivity (Wildman–Crippen MR) is 138 cm³/mol. The summed E-state index contributed by atoms with van der Waals surface area (Å²) < 4.78 is 19.7. The van der Waals surface area contributed by atoms with E-state index >= 15 is 0 Å². The molecular formula is C25H17BrClFN2O4S. The SMILES string of the molecule is O=C(CN1C(=O)S/C(=C/c2ccc(OCc3cccc(F)c3)c(Br)c2)C1=O)Nc1ccccc1Cl. The number of hydrogen-bond acceptors (Lipinski definition) is 5. The van der Waals surface area contributed by atoms with E-state index in [-0.39, 0.29) is 17.3 Å². The normalized spacial score (nSPS) is 14.5. The standard InChI is InChI=1S/C25H17BrClFN2O4S/c26-18-11-15(8-9-21(18)34-14-16-4-3-5-17(28)10-16)12-22-24(32)30(25(33)35-22)13-23(31)29-20-7-2-1-6-19(20)27/h1-12H,13-14H2,(H,29,31)/b22-12+. The van der Waals surface area contributed by atoms with Crippen molar-refractivity contribution in [3.63, 3.8) is 0 Å². The van der Waals surface area contributed by atoms with Crippen molar-refractivity contribution >= 4 is 68.1 Å². The Morgan fingerprint density at radius 2 is 1.91 bits per heavy atom. The number of nitrogens with one attached hydrogen (secondary N) is 1. The van der Waals surface area contributed by atoms with Gasteiger partial charge in [-0.2, -0.15) is 0 Å². The van der Waals surface area contributed by atoms with E-state index in [1.807, 2.05) is 0 Å². The summed E-state index contributed by atoms with van der Waals surface area (Å²) in [4.78, 5) is 38.6. The average Bonchev–Trinajstić information content (AvgIpc) is 3.07. The van der Waals surface area contributed by atoms with E-state index in [1.165, 1.54) is 12.1 Å². The quantitative estimate of drug-likeness (QED) is 0.326. The van der Waals surface area contributed by atoms with Crippen LogP contribution in [0.25, 0.3) is 6.08 Å². The molecule has 10 heteroatoms. The summed E-state index contributed by atoms with van der Waals surface area (Å²) >= 11 is 10.2.